The summed E-state index contributed by atoms with van der Waals surface area (Å²) in [5.74, 6) is -0.327. The molecule has 0 saturated carbocycles. The van der Waals surface area contributed by atoms with E-state index in [2.05, 4.69) is 5.10 Å². The van der Waals surface area contributed by atoms with E-state index in [9.17, 15) is 4.39 Å². The van der Waals surface area contributed by atoms with Gasteiger partial charge in [-0.15, -0.1) is 0 Å². The zero-order valence-electron chi connectivity index (χ0n) is 9.45. The van der Waals surface area contributed by atoms with Gasteiger partial charge in [-0.05, 0) is 36.7 Å². The Balaban J connectivity index is 2.55. The third-order valence-corrected chi connectivity index (χ3v) is 2.74. The van der Waals surface area contributed by atoms with Gasteiger partial charge in [-0.25, -0.2) is 4.39 Å². The topological polar surface area (TPSA) is 43.8 Å². The summed E-state index contributed by atoms with van der Waals surface area (Å²) in [6.45, 7) is 0.501. The smallest absolute Gasteiger partial charge is 0.132 e. The van der Waals surface area contributed by atoms with Crippen LogP contribution in [0, 0.1) is 5.82 Å². The van der Waals surface area contributed by atoms with E-state index >= 15 is 0 Å². The third-order valence-electron chi connectivity index (χ3n) is 2.50. The summed E-state index contributed by atoms with van der Waals surface area (Å²) in [7, 11) is 1.80. The Bertz CT molecular complexity index is 537. The van der Waals surface area contributed by atoms with Crippen molar-refractivity contribution in [3.8, 4) is 11.3 Å². The van der Waals surface area contributed by atoms with Gasteiger partial charge < -0.3 is 5.73 Å². The van der Waals surface area contributed by atoms with E-state index < -0.39 is 0 Å². The van der Waals surface area contributed by atoms with Crippen LogP contribution >= 0.6 is 11.6 Å². The predicted molar refractivity (Wildman–Crippen MR) is 66.4 cm³/mol. The van der Waals surface area contributed by atoms with Crippen LogP contribution in [0.5, 0.6) is 0 Å². The molecular formula is C12H13ClFN3. The molecule has 0 bridgehead atoms. The van der Waals surface area contributed by atoms with Crippen LogP contribution < -0.4 is 5.73 Å². The summed E-state index contributed by atoms with van der Waals surface area (Å²) >= 11 is 5.88. The Morgan fingerprint density at radius 3 is 2.94 bits per heavy atom. The Morgan fingerprint density at radius 1 is 1.47 bits per heavy atom. The van der Waals surface area contributed by atoms with Gasteiger partial charge in [0.05, 0.1) is 5.69 Å². The molecule has 2 rings (SSSR count). The summed E-state index contributed by atoms with van der Waals surface area (Å²) in [6.07, 6.45) is 2.51. The predicted octanol–water partition coefficient (Wildman–Crippen LogP) is 2.38. The molecule has 3 nitrogen and oxygen atoms in total. The second-order valence-corrected chi connectivity index (χ2v) is 4.28. The molecule has 17 heavy (non-hydrogen) atoms. The van der Waals surface area contributed by atoms with Crippen molar-refractivity contribution < 1.29 is 4.39 Å². The lowest BCUT2D eigenvalue weighted by molar-refractivity contribution is 0.629. The highest BCUT2D eigenvalue weighted by molar-refractivity contribution is 6.30. The monoisotopic (exact) mass is 253 g/mol. The summed E-state index contributed by atoms with van der Waals surface area (Å²) in [4.78, 5) is 0. The molecule has 0 fully saturated rings. The molecule has 2 aromatic rings. The number of hydrogen-bond acceptors (Lipinski definition) is 2. The first-order valence-corrected chi connectivity index (χ1v) is 5.67. The van der Waals surface area contributed by atoms with E-state index in [0.29, 0.717) is 29.2 Å². The van der Waals surface area contributed by atoms with E-state index in [-0.39, 0.29) is 5.82 Å². The first-order chi connectivity index (χ1) is 8.11. The van der Waals surface area contributed by atoms with Gasteiger partial charge in [0, 0.05) is 23.8 Å². The summed E-state index contributed by atoms with van der Waals surface area (Å²) in [5, 5.41) is 4.76. The summed E-state index contributed by atoms with van der Waals surface area (Å²) in [5.41, 5.74) is 7.48. The molecule has 0 unspecified atom stereocenters. The lowest BCUT2D eigenvalue weighted by Crippen LogP contribution is -2.03. The van der Waals surface area contributed by atoms with Crippen LogP contribution in [0.15, 0.2) is 24.4 Å². The maximum Gasteiger partial charge on any atom is 0.132 e. The van der Waals surface area contributed by atoms with Gasteiger partial charge in [-0.2, -0.15) is 5.10 Å². The molecule has 0 aliphatic carbocycles. The van der Waals surface area contributed by atoms with Crippen molar-refractivity contribution in [3.05, 3.63) is 40.8 Å². The SMILES string of the molecule is Cn1cc(CCN)c(-c2cc(Cl)ccc2F)n1. The average molecular weight is 254 g/mol. The van der Waals surface area contributed by atoms with E-state index in [1.807, 2.05) is 6.20 Å². The minimum absolute atomic E-state index is 0.327. The highest BCUT2D eigenvalue weighted by Gasteiger charge is 2.14. The van der Waals surface area contributed by atoms with Crippen LogP contribution in [0.3, 0.4) is 0 Å². The van der Waals surface area contributed by atoms with Crippen molar-refractivity contribution >= 4 is 11.6 Å². The number of halogens is 2. The van der Waals surface area contributed by atoms with Crippen molar-refractivity contribution in [1.82, 2.24) is 9.78 Å². The number of aromatic nitrogens is 2. The molecular weight excluding hydrogens is 241 g/mol. The number of nitrogens with zero attached hydrogens (tertiary/aromatic N) is 2. The molecule has 0 radical (unpaired) electrons. The van der Waals surface area contributed by atoms with Crippen LogP contribution in [0.2, 0.25) is 5.02 Å². The molecule has 5 heteroatoms. The third kappa shape index (κ3) is 2.48. The first kappa shape index (κ1) is 12.1. The number of aryl methyl sites for hydroxylation is 1. The fraction of sp³-hybridized carbons (Fsp3) is 0.250. The minimum Gasteiger partial charge on any atom is -0.330 e. The molecule has 90 valence electrons. The summed E-state index contributed by atoms with van der Waals surface area (Å²) in [6, 6.07) is 4.45. The van der Waals surface area contributed by atoms with E-state index in [1.54, 1.807) is 17.8 Å². The minimum atomic E-state index is -0.327. The largest absolute Gasteiger partial charge is 0.330 e. The molecule has 0 saturated heterocycles. The van der Waals surface area contributed by atoms with Gasteiger partial charge in [0.15, 0.2) is 0 Å². The Morgan fingerprint density at radius 2 is 2.24 bits per heavy atom. The van der Waals surface area contributed by atoms with Gasteiger partial charge in [0.1, 0.15) is 5.82 Å². The Labute approximate surface area is 104 Å². The van der Waals surface area contributed by atoms with Gasteiger partial charge in [-0.1, -0.05) is 11.6 Å². The zero-order valence-corrected chi connectivity index (χ0v) is 10.2. The van der Waals surface area contributed by atoms with E-state index in [1.165, 1.54) is 12.1 Å². The van der Waals surface area contributed by atoms with Gasteiger partial charge >= 0.3 is 0 Å². The summed E-state index contributed by atoms with van der Waals surface area (Å²) < 4.78 is 15.4. The second kappa shape index (κ2) is 4.85. The van der Waals surface area contributed by atoms with E-state index in [4.69, 9.17) is 17.3 Å². The number of rotatable bonds is 3. The molecule has 0 aliphatic heterocycles. The van der Waals surface area contributed by atoms with Crippen LogP contribution in [0.1, 0.15) is 5.56 Å². The second-order valence-electron chi connectivity index (χ2n) is 3.84. The Kier molecular flexibility index (Phi) is 3.45. The Hall–Kier alpha value is -1.39. The molecule has 1 heterocycles. The molecule has 0 spiro atoms. The molecule has 2 N–H and O–H groups in total. The van der Waals surface area contributed by atoms with Crippen molar-refractivity contribution in [2.24, 2.45) is 12.8 Å². The number of benzene rings is 1. The lowest BCUT2D eigenvalue weighted by atomic mass is 10.1. The fourth-order valence-corrected chi connectivity index (χ4v) is 1.95. The highest BCUT2D eigenvalue weighted by Crippen LogP contribution is 2.27. The van der Waals surface area contributed by atoms with Crippen molar-refractivity contribution in [3.63, 3.8) is 0 Å². The molecule has 1 aromatic heterocycles. The van der Waals surface area contributed by atoms with Crippen LogP contribution in [-0.4, -0.2) is 16.3 Å². The van der Waals surface area contributed by atoms with Gasteiger partial charge in [-0.3, -0.25) is 4.68 Å². The zero-order chi connectivity index (χ0) is 12.4. The van der Waals surface area contributed by atoms with Crippen molar-refractivity contribution in [2.45, 2.75) is 6.42 Å². The standard InChI is InChI=1S/C12H13ClFN3/c1-17-7-8(4-5-15)12(16-17)10-6-9(13)2-3-11(10)14/h2-3,6-7H,4-5,15H2,1H3. The number of nitrogens with two attached hydrogens (primary N) is 1. The van der Waals surface area contributed by atoms with Crippen LogP contribution in [0.4, 0.5) is 4.39 Å². The maximum absolute atomic E-state index is 13.7. The number of hydrogen-bond donors (Lipinski definition) is 1. The average Bonchev–Trinajstić information content (AvgIpc) is 2.64. The molecule has 0 aliphatic rings. The fourth-order valence-electron chi connectivity index (χ4n) is 1.78. The van der Waals surface area contributed by atoms with Crippen molar-refractivity contribution in [2.75, 3.05) is 6.54 Å². The molecule has 0 atom stereocenters. The lowest BCUT2D eigenvalue weighted by Gasteiger charge is -2.03. The highest BCUT2D eigenvalue weighted by atomic mass is 35.5. The molecule has 0 amide bonds. The van der Waals surface area contributed by atoms with Crippen LogP contribution in [0.25, 0.3) is 11.3 Å². The van der Waals surface area contributed by atoms with Crippen LogP contribution in [-0.2, 0) is 13.5 Å². The van der Waals surface area contributed by atoms with Gasteiger partial charge in [0.25, 0.3) is 0 Å². The van der Waals surface area contributed by atoms with Crippen molar-refractivity contribution in [1.29, 1.82) is 0 Å². The van der Waals surface area contributed by atoms with Gasteiger partial charge in [0.2, 0.25) is 0 Å². The quantitative estimate of drug-likeness (QED) is 0.913. The first-order valence-electron chi connectivity index (χ1n) is 5.30. The maximum atomic E-state index is 13.7. The van der Waals surface area contributed by atoms with E-state index in [0.717, 1.165) is 5.56 Å². The molecule has 1 aromatic carbocycles. The normalized spacial score (nSPS) is 10.8.